The van der Waals surface area contributed by atoms with Crippen LogP contribution >= 0.6 is 0 Å². The standard InChI is InChI=1S/C138H210O12/c1-7-13-19-25-31-37-43-49-55-61-67-73-79-85-115-91-103-121(104-92-115)145-133(139)127-128(134(140)146-122-105-93-116(94-106-122)86-80-74-68-62-56-50-44-38-32-26-20-14-8-2)130(136(142)148-124-109-97-118(98-110-124)88-82-76-70-64-58-52-46-40-34-28-22-16-10-4)132(138(144)150-126-113-101-120(102-114-126)90-84-78-72-66-60-54-48-42-36-30-24-18-12-6)131(137(143)149-125-111-99-119(100-112-125)89-83-77-71-65-59-53-47-41-35-29-23-17-11-5)129(127)135(141)147-123-107-95-117(96-108-123)87-81-75-69-63-57-51-45-39-33-27-21-15-9-3/h91-114H,7-90H2,1-6H3. The largest absolute Gasteiger partial charge is 0.423 e. The number of aryl methyl sites for hydroxylation is 6. The van der Waals surface area contributed by atoms with Crippen molar-refractivity contribution in [3.8, 4) is 34.5 Å². The third-order valence-corrected chi connectivity index (χ3v) is 30.9. The van der Waals surface area contributed by atoms with Crippen LogP contribution in [-0.4, -0.2) is 35.8 Å². The summed E-state index contributed by atoms with van der Waals surface area (Å²) in [6.07, 6.45) is 101. The lowest BCUT2D eigenvalue weighted by atomic mass is 9.85. The molecule has 12 nitrogen and oxygen atoms in total. The highest BCUT2D eigenvalue weighted by Gasteiger charge is 2.45. The zero-order valence-electron chi connectivity index (χ0n) is 96.2. The molecule has 7 aromatic rings. The van der Waals surface area contributed by atoms with Gasteiger partial charge in [0.2, 0.25) is 0 Å². The molecule has 0 aliphatic carbocycles. The number of hydrogen-bond donors (Lipinski definition) is 0. The quantitative estimate of drug-likeness (QED) is 0.0202. The number of hydrogen-bond acceptors (Lipinski definition) is 12. The number of carbonyl (C=O) groups is 6. The molecule has 0 N–H and O–H groups in total. The van der Waals surface area contributed by atoms with Crippen molar-refractivity contribution in [2.45, 2.75) is 581 Å². The summed E-state index contributed by atoms with van der Waals surface area (Å²) in [7, 11) is 0. The molecule has 0 aliphatic heterocycles. The fourth-order valence-corrected chi connectivity index (χ4v) is 21.3. The summed E-state index contributed by atoms with van der Waals surface area (Å²) >= 11 is 0. The van der Waals surface area contributed by atoms with Crippen molar-refractivity contribution in [1.29, 1.82) is 0 Å². The van der Waals surface area contributed by atoms with Gasteiger partial charge in [0.25, 0.3) is 0 Å². The Bertz CT molecular complexity index is 3790. The molecule has 7 rings (SSSR count). The van der Waals surface area contributed by atoms with Gasteiger partial charge in [-0.25, -0.2) is 28.8 Å². The van der Waals surface area contributed by atoms with Crippen LogP contribution in [0.15, 0.2) is 146 Å². The molecule has 150 heavy (non-hydrogen) atoms. The minimum atomic E-state index is -1.35. The first-order chi connectivity index (χ1) is 73.9. The number of unbranched alkanes of at least 4 members (excludes halogenated alkanes) is 72. The van der Waals surface area contributed by atoms with E-state index in [-0.39, 0.29) is 34.5 Å². The van der Waals surface area contributed by atoms with Gasteiger partial charge in [-0.05, 0) is 183 Å². The number of esters is 6. The number of benzene rings is 7. The second-order valence-corrected chi connectivity index (χ2v) is 44.4. The summed E-state index contributed by atoms with van der Waals surface area (Å²) in [4.78, 5) is 99.9. The van der Waals surface area contributed by atoms with Crippen LogP contribution in [-0.2, 0) is 38.5 Å². The fourth-order valence-electron chi connectivity index (χ4n) is 21.3. The van der Waals surface area contributed by atoms with E-state index >= 15 is 28.8 Å². The molecule has 0 unspecified atom stereocenters. The van der Waals surface area contributed by atoms with Gasteiger partial charge in [0.1, 0.15) is 34.5 Å². The Balaban J connectivity index is 1.34. The lowest BCUT2D eigenvalue weighted by Crippen LogP contribution is -2.34. The summed E-state index contributed by atoms with van der Waals surface area (Å²) in [6.45, 7) is 13.6. The van der Waals surface area contributed by atoms with Crippen LogP contribution in [0, 0.1) is 0 Å². The van der Waals surface area contributed by atoms with Crippen LogP contribution in [0.1, 0.15) is 638 Å². The van der Waals surface area contributed by atoms with E-state index in [1.165, 1.54) is 385 Å². The first-order valence-corrected chi connectivity index (χ1v) is 63.0. The molecule has 0 heterocycles. The smallest absolute Gasteiger partial charge is 0.345 e. The summed E-state index contributed by atoms with van der Waals surface area (Å²) in [5, 5.41) is 0. The maximum Gasteiger partial charge on any atom is 0.345 e. The van der Waals surface area contributed by atoms with Gasteiger partial charge >= 0.3 is 35.8 Å². The average molecular weight is 2060 g/mol. The van der Waals surface area contributed by atoms with Crippen LogP contribution in [0.3, 0.4) is 0 Å². The monoisotopic (exact) mass is 2060 g/mol. The van der Waals surface area contributed by atoms with E-state index in [9.17, 15) is 0 Å². The molecule has 0 saturated heterocycles. The first kappa shape index (κ1) is 128. The van der Waals surface area contributed by atoms with Gasteiger partial charge in [0.05, 0.1) is 33.4 Å². The molecule has 0 aliphatic rings. The number of carbonyl (C=O) groups excluding carboxylic acids is 6. The van der Waals surface area contributed by atoms with Crippen molar-refractivity contribution < 1.29 is 57.2 Å². The molecule has 834 valence electrons. The molecule has 0 amide bonds. The van der Waals surface area contributed by atoms with Gasteiger partial charge in [-0.15, -0.1) is 0 Å². The van der Waals surface area contributed by atoms with Crippen LogP contribution < -0.4 is 28.4 Å². The molecule has 0 saturated carbocycles. The molecule has 0 atom stereocenters. The molecule has 0 radical (unpaired) electrons. The molecular formula is C138H210O12. The van der Waals surface area contributed by atoms with Gasteiger partial charge < -0.3 is 28.4 Å². The predicted octanol–water partition coefficient (Wildman–Crippen LogP) is 42.8. The lowest BCUT2D eigenvalue weighted by molar-refractivity contribution is 0.0635. The summed E-state index contributed by atoms with van der Waals surface area (Å²) in [6, 6.07) is 42.7. The van der Waals surface area contributed by atoms with E-state index in [0.717, 1.165) is 187 Å². The van der Waals surface area contributed by atoms with Gasteiger partial charge in [0, 0.05) is 0 Å². The van der Waals surface area contributed by atoms with Crippen molar-refractivity contribution in [3.63, 3.8) is 0 Å². The van der Waals surface area contributed by atoms with E-state index in [4.69, 9.17) is 28.4 Å². The van der Waals surface area contributed by atoms with Gasteiger partial charge in [-0.3, -0.25) is 0 Å². The SMILES string of the molecule is CCCCCCCCCCCCCCCc1ccc(OC(=O)c2c(C(=O)Oc3ccc(CCCCCCCCCCCCCCC)cc3)c(C(=O)Oc3ccc(CCCCCCCCCCCCCCC)cc3)c(C(=O)Oc3ccc(CCCCCCCCCCCCCCC)cc3)c(C(=O)Oc3ccc(CCCCCCCCCCCCCCC)cc3)c2C(=O)Oc2ccc(CCCCCCCCCCCCCCC)cc2)cc1. The lowest BCUT2D eigenvalue weighted by Gasteiger charge is -2.22. The van der Waals surface area contributed by atoms with Crippen LogP contribution in [0.4, 0.5) is 0 Å². The Morgan fingerprint density at radius 2 is 0.200 bits per heavy atom. The van der Waals surface area contributed by atoms with E-state index in [1.807, 2.05) is 72.8 Å². The third-order valence-electron chi connectivity index (χ3n) is 30.9. The maximum absolute atomic E-state index is 16.7. The number of rotatable bonds is 96. The fraction of sp³-hybridized carbons (Fsp3) is 0.652. The van der Waals surface area contributed by atoms with Crippen LogP contribution in [0.2, 0.25) is 0 Å². The van der Waals surface area contributed by atoms with Crippen LogP contribution in [0.25, 0.3) is 0 Å². The zero-order valence-corrected chi connectivity index (χ0v) is 96.2. The van der Waals surface area contributed by atoms with E-state index in [0.29, 0.717) is 0 Å². The first-order valence-electron chi connectivity index (χ1n) is 63.0. The minimum absolute atomic E-state index is 0.0259. The Hall–Kier alpha value is -8.64. The normalized spacial score (nSPS) is 11.4. The zero-order chi connectivity index (χ0) is 106. The average Bonchev–Trinajstić information content (AvgIpc) is 0.723. The van der Waals surface area contributed by atoms with E-state index < -0.39 is 69.2 Å². The summed E-state index contributed by atoms with van der Waals surface area (Å²) in [5.74, 6) is -7.95. The molecule has 0 fully saturated rings. The third kappa shape index (κ3) is 58.6. The molecule has 0 aromatic heterocycles. The van der Waals surface area contributed by atoms with Crippen molar-refractivity contribution >= 4 is 35.8 Å². The van der Waals surface area contributed by atoms with Crippen molar-refractivity contribution in [2.75, 3.05) is 0 Å². The molecular weight excluding hydrogens is 1850 g/mol. The van der Waals surface area contributed by atoms with Gasteiger partial charge in [-0.2, -0.15) is 0 Å². The number of ether oxygens (including phenoxy) is 6. The molecule has 0 spiro atoms. The Morgan fingerprint density at radius 1 is 0.120 bits per heavy atom. The highest BCUT2D eigenvalue weighted by atomic mass is 16.6. The van der Waals surface area contributed by atoms with Crippen LogP contribution in [0.5, 0.6) is 34.5 Å². The highest BCUT2D eigenvalue weighted by molar-refractivity contribution is 6.25. The summed E-state index contributed by atoms with van der Waals surface area (Å²) in [5.41, 5.74) is 0.629. The molecule has 0 bridgehead atoms. The topological polar surface area (TPSA) is 158 Å². The van der Waals surface area contributed by atoms with E-state index in [1.54, 1.807) is 72.8 Å². The Labute approximate surface area is 914 Å². The second kappa shape index (κ2) is 86.7. The van der Waals surface area contributed by atoms with Crippen molar-refractivity contribution in [1.82, 2.24) is 0 Å². The maximum atomic E-state index is 16.7. The van der Waals surface area contributed by atoms with Gasteiger partial charge in [-0.1, -0.05) is 577 Å². The predicted molar refractivity (Wildman–Crippen MR) is 631 cm³/mol. The second-order valence-electron chi connectivity index (χ2n) is 44.4. The van der Waals surface area contributed by atoms with E-state index in [2.05, 4.69) is 41.5 Å². The summed E-state index contributed by atoms with van der Waals surface area (Å²) < 4.78 is 39.0. The van der Waals surface area contributed by atoms with Crippen molar-refractivity contribution in [2.24, 2.45) is 0 Å². The molecule has 7 aromatic carbocycles. The Morgan fingerprint density at radius 3 is 0.287 bits per heavy atom. The minimum Gasteiger partial charge on any atom is -0.423 e. The van der Waals surface area contributed by atoms with Crippen molar-refractivity contribution in [3.05, 3.63) is 212 Å². The van der Waals surface area contributed by atoms with Gasteiger partial charge in [0.15, 0.2) is 0 Å². The molecule has 12 heteroatoms. The Kier molecular flexibility index (Phi) is 74.1. The highest BCUT2D eigenvalue weighted by Crippen LogP contribution is 2.38.